The molecule has 0 radical (unpaired) electrons. The van der Waals surface area contributed by atoms with E-state index >= 15 is 0 Å². The van der Waals surface area contributed by atoms with Gasteiger partial charge in [0.1, 0.15) is 0 Å². The minimum Gasteiger partial charge on any atom is -0.327 e. The second-order valence-corrected chi connectivity index (χ2v) is 7.48. The highest BCUT2D eigenvalue weighted by Gasteiger charge is 2.33. The molecule has 22 heavy (non-hydrogen) atoms. The van der Waals surface area contributed by atoms with Crippen molar-refractivity contribution in [2.45, 2.75) is 45.6 Å². The molecule has 0 bridgehead atoms. The predicted molar refractivity (Wildman–Crippen MR) is 89.9 cm³/mol. The summed E-state index contributed by atoms with van der Waals surface area (Å²) in [5.74, 6) is 0.0734. The Kier molecular flexibility index (Phi) is 4.24. The summed E-state index contributed by atoms with van der Waals surface area (Å²) in [4.78, 5) is 14.5. The fourth-order valence-corrected chi connectivity index (χ4v) is 3.67. The van der Waals surface area contributed by atoms with Crippen LogP contribution in [0.25, 0.3) is 0 Å². The highest BCUT2D eigenvalue weighted by Crippen LogP contribution is 2.28. The Hall–Kier alpha value is -1.39. The zero-order valence-electron chi connectivity index (χ0n) is 13.7. The first-order valence-corrected chi connectivity index (χ1v) is 8.34. The van der Waals surface area contributed by atoms with Gasteiger partial charge in [0, 0.05) is 24.8 Å². The highest BCUT2D eigenvalue weighted by molar-refractivity contribution is 5.92. The second kappa shape index (κ2) is 6.01. The van der Waals surface area contributed by atoms with E-state index in [0.29, 0.717) is 6.54 Å². The van der Waals surface area contributed by atoms with Crippen molar-refractivity contribution in [2.24, 2.45) is 11.1 Å². The molecular weight excluding hydrogens is 274 g/mol. The van der Waals surface area contributed by atoms with Crippen LogP contribution >= 0.6 is 0 Å². The number of fused-ring (bicyclic) bond motifs is 1. The van der Waals surface area contributed by atoms with E-state index in [4.69, 9.17) is 5.73 Å². The van der Waals surface area contributed by atoms with Crippen molar-refractivity contribution < 1.29 is 4.79 Å². The summed E-state index contributed by atoms with van der Waals surface area (Å²) in [6.07, 6.45) is 4.50. The Labute approximate surface area is 133 Å². The summed E-state index contributed by atoms with van der Waals surface area (Å²) < 4.78 is 0. The van der Waals surface area contributed by atoms with Gasteiger partial charge in [-0.1, -0.05) is 19.9 Å². The molecule has 0 saturated carbocycles. The third-order valence-electron chi connectivity index (χ3n) is 5.14. The van der Waals surface area contributed by atoms with Gasteiger partial charge in [-0.25, -0.2) is 0 Å². The second-order valence-electron chi connectivity index (χ2n) is 7.48. The highest BCUT2D eigenvalue weighted by atomic mass is 16.2. The standard InChI is InChI=1S/C18H27N3O/c1-18(2)12-21(9-8-16(18)19)11-17(22)20-15-7-6-13-4-3-5-14(13)10-15/h6-7,10,16H,3-5,8-9,11-12,19H2,1-2H3,(H,20,22). The molecule has 1 aromatic rings. The molecule has 1 atom stereocenters. The first-order chi connectivity index (χ1) is 10.4. The van der Waals surface area contributed by atoms with Crippen LogP contribution in [0.3, 0.4) is 0 Å². The van der Waals surface area contributed by atoms with Crippen LogP contribution in [-0.4, -0.2) is 36.5 Å². The quantitative estimate of drug-likeness (QED) is 0.899. The summed E-state index contributed by atoms with van der Waals surface area (Å²) in [5.41, 5.74) is 9.99. The molecule has 1 saturated heterocycles. The Morgan fingerprint density at radius 1 is 1.36 bits per heavy atom. The zero-order chi connectivity index (χ0) is 15.7. The lowest BCUT2D eigenvalue weighted by Crippen LogP contribution is -2.53. The summed E-state index contributed by atoms with van der Waals surface area (Å²) in [6.45, 7) is 6.60. The molecular formula is C18H27N3O. The van der Waals surface area contributed by atoms with Gasteiger partial charge in [0.25, 0.3) is 0 Å². The largest absolute Gasteiger partial charge is 0.327 e. The smallest absolute Gasteiger partial charge is 0.238 e. The number of nitrogens with zero attached hydrogens (tertiary/aromatic N) is 1. The third kappa shape index (κ3) is 3.33. The summed E-state index contributed by atoms with van der Waals surface area (Å²) in [5, 5.41) is 3.05. The molecule has 1 fully saturated rings. The van der Waals surface area contributed by atoms with E-state index in [9.17, 15) is 4.79 Å². The average molecular weight is 301 g/mol. The molecule has 1 aliphatic carbocycles. The van der Waals surface area contributed by atoms with Gasteiger partial charge in [0.15, 0.2) is 0 Å². The number of aryl methyl sites for hydroxylation is 2. The van der Waals surface area contributed by atoms with E-state index < -0.39 is 0 Å². The number of nitrogens with one attached hydrogen (secondary N) is 1. The molecule has 1 aromatic carbocycles. The van der Waals surface area contributed by atoms with E-state index in [1.807, 2.05) is 6.07 Å². The molecule has 1 unspecified atom stereocenters. The van der Waals surface area contributed by atoms with E-state index in [1.165, 1.54) is 24.0 Å². The van der Waals surface area contributed by atoms with Crippen molar-refractivity contribution in [3.63, 3.8) is 0 Å². The molecule has 1 amide bonds. The number of carbonyl (C=O) groups is 1. The van der Waals surface area contributed by atoms with Crippen LogP contribution < -0.4 is 11.1 Å². The Morgan fingerprint density at radius 2 is 2.14 bits per heavy atom. The average Bonchev–Trinajstić information content (AvgIpc) is 2.90. The summed E-state index contributed by atoms with van der Waals surface area (Å²) in [7, 11) is 0. The number of amides is 1. The van der Waals surface area contributed by atoms with E-state index in [-0.39, 0.29) is 17.4 Å². The molecule has 0 spiro atoms. The normalized spacial score (nSPS) is 24.0. The number of hydrogen-bond donors (Lipinski definition) is 2. The lowest BCUT2D eigenvalue weighted by molar-refractivity contribution is -0.118. The minimum atomic E-state index is 0.0734. The fraction of sp³-hybridized carbons (Fsp3) is 0.611. The number of nitrogens with two attached hydrogens (primary N) is 1. The molecule has 4 nitrogen and oxygen atoms in total. The van der Waals surface area contributed by atoms with Gasteiger partial charge in [-0.15, -0.1) is 0 Å². The molecule has 4 heteroatoms. The van der Waals surface area contributed by atoms with Gasteiger partial charge in [-0.2, -0.15) is 0 Å². The predicted octanol–water partition coefficient (Wildman–Crippen LogP) is 2.17. The van der Waals surface area contributed by atoms with Crippen LogP contribution in [0, 0.1) is 5.41 Å². The SMILES string of the molecule is CC1(C)CN(CC(=O)Nc2ccc3c(c2)CCC3)CCC1N. The first kappa shape index (κ1) is 15.5. The van der Waals surface area contributed by atoms with Crippen molar-refractivity contribution in [1.82, 2.24) is 4.90 Å². The number of likely N-dealkylation sites (tertiary alicyclic amines) is 1. The zero-order valence-corrected chi connectivity index (χ0v) is 13.7. The van der Waals surface area contributed by atoms with Crippen LogP contribution in [0.4, 0.5) is 5.69 Å². The summed E-state index contributed by atoms with van der Waals surface area (Å²) in [6, 6.07) is 6.54. The maximum absolute atomic E-state index is 12.3. The van der Waals surface area contributed by atoms with Crippen LogP contribution in [-0.2, 0) is 17.6 Å². The number of rotatable bonds is 3. The van der Waals surface area contributed by atoms with Gasteiger partial charge in [-0.3, -0.25) is 9.69 Å². The van der Waals surface area contributed by atoms with Gasteiger partial charge in [-0.05, 0) is 54.4 Å². The maximum Gasteiger partial charge on any atom is 0.238 e. The van der Waals surface area contributed by atoms with E-state index in [2.05, 4.69) is 36.2 Å². The Morgan fingerprint density at radius 3 is 2.91 bits per heavy atom. The van der Waals surface area contributed by atoms with E-state index in [0.717, 1.165) is 31.6 Å². The first-order valence-electron chi connectivity index (χ1n) is 8.34. The Bertz CT molecular complexity index is 567. The van der Waals surface area contributed by atoms with E-state index in [1.54, 1.807) is 0 Å². The molecule has 1 aliphatic heterocycles. The third-order valence-corrected chi connectivity index (χ3v) is 5.14. The van der Waals surface area contributed by atoms with Crippen molar-refractivity contribution in [2.75, 3.05) is 25.0 Å². The molecule has 3 N–H and O–H groups in total. The number of benzene rings is 1. The van der Waals surface area contributed by atoms with Crippen LogP contribution in [0.1, 0.15) is 37.8 Å². The van der Waals surface area contributed by atoms with Crippen molar-refractivity contribution >= 4 is 11.6 Å². The van der Waals surface area contributed by atoms with Crippen LogP contribution in [0.15, 0.2) is 18.2 Å². The lowest BCUT2D eigenvalue weighted by atomic mass is 9.80. The maximum atomic E-state index is 12.3. The monoisotopic (exact) mass is 301 g/mol. The number of carbonyl (C=O) groups excluding carboxylic acids is 1. The Balaban J connectivity index is 1.57. The molecule has 120 valence electrons. The number of piperidine rings is 1. The van der Waals surface area contributed by atoms with Gasteiger partial charge < -0.3 is 11.1 Å². The fourth-order valence-electron chi connectivity index (χ4n) is 3.67. The topological polar surface area (TPSA) is 58.4 Å². The van der Waals surface area contributed by atoms with Crippen molar-refractivity contribution in [3.8, 4) is 0 Å². The molecule has 1 heterocycles. The van der Waals surface area contributed by atoms with Crippen molar-refractivity contribution in [1.29, 1.82) is 0 Å². The number of anilines is 1. The van der Waals surface area contributed by atoms with Gasteiger partial charge in [0.05, 0.1) is 6.54 Å². The summed E-state index contributed by atoms with van der Waals surface area (Å²) >= 11 is 0. The molecule has 2 aliphatic rings. The number of hydrogen-bond acceptors (Lipinski definition) is 3. The van der Waals surface area contributed by atoms with Gasteiger partial charge >= 0.3 is 0 Å². The van der Waals surface area contributed by atoms with Gasteiger partial charge in [0.2, 0.25) is 5.91 Å². The van der Waals surface area contributed by atoms with Crippen LogP contribution in [0.5, 0.6) is 0 Å². The lowest BCUT2D eigenvalue weighted by Gasteiger charge is -2.42. The molecule has 0 aromatic heterocycles. The van der Waals surface area contributed by atoms with Crippen molar-refractivity contribution in [3.05, 3.63) is 29.3 Å². The van der Waals surface area contributed by atoms with Crippen LogP contribution in [0.2, 0.25) is 0 Å². The molecule has 3 rings (SSSR count). The minimum absolute atomic E-state index is 0.0734.